The number of methoxy groups -OCH3 is 1. The summed E-state index contributed by atoms with van der Waals surface area (Å²) in [6.45, 7) is 1.42. The molecule has 114 valence electrons. The van der Waals surface area contributed by atoms with E-state index in [4.69, 9.17) is 21.4 Å². The Kier molecular flexibility index (Phi) is 5.84. The van der Waals surface area contributed by atoms with Crippen LogP contribution in [0.2, 0.25) is 5.02 Å². The number of fused-ring (bicyclic) bond motifs is 1. The van der Waals surface area contributed by atoms with Gasteiger partial charge in [-0.3, -0.25) is 4.79 Å². The Morgan fingerprint density at radius 3 is 3.05 bits per heavy atom. The molecule has 0 amide bonds. The number of carboxylic acids is 1. The lowest BCUT2D eigenvalue weighted by molar-refractivity contribution is -0.133. The molecule has 0 aliphatic rings. The van der Waals surface area contributed by atoms with E-state index in [9.17, 15) is 4.79 Å². The summed E-state index contributed by atoms with van der Waals surface area (Å²) in [5.74, 6) is -0.904. The zero-order valence-corrected chi connectivity index (χ0v) is 13.2. The van der Waals surface area contributed by atoms with E-state index in [1.165, 1.54) is 11.8 Å². The van der Waals surface area contributed by atoms with Crippen molar-refractivity contribution in [2.75, 3.05) is 19.5 Å². The number of carboxylic acid groups (broad SMARTS) is 1. The fourth-order valence-corrected chi connectivity index (χ4v) is 2.82. The Morgan fingerprint density at radius 1 is 1.52 bits per heavy atom. The Bertz CT molecular complexity index is 632. The van der Waals surface area contributed by atoms with E-state index in [2.05, 4.69) is 9.97 Å². The largest absolute Gasteiger partial charge is 0.481 e. The first-order valence-corrected chi connectivity index (χ1v) is 7.83. The third kappa shape index (κ3) is 4.33. The van der Waals surface area contributed by atoms with Crippen molar-refractivity contribution in [2.24, 2.45) is 0 Å². The first kappa shape index (κ1) is 16.1. The molecular weight excluding hydrogens is 314 g/mol. The molecule has 0 aromatic carbocycles. The second kappa shape index (κ2) is 7.63. The molecule has 0 aliphatic heterocycles. The summed E-state index contributed by atoms with van der Waals surface area (Å²) >= 11 is 7.11. The molecule has 0 radical (unpaired) electrons. The lowest BCUT2D eigenvalue weighted by Crippen LogP contribution is -2.05. The second-order valence-corrected chi connectivity index (χ2v) is 5.80. The fraction of sp³-hybridized carbons (Fsp3) is 0.462. The van der Waals surface area contributed by atoms with Crippen molar-refractivity contribution in [3.63, 3.8) is 0 Å². The highest BCUT2D eigenvalue weighted by atomic mass is 35.5. The summed E-state index contributed by atoms with van der Waals surface area (Å²) in [6.07, 6.45) is 3.40. The molecule has 6 nitrogen and oxygen atoms in total. The first-order valence-electron chi connectivity index (χ1n) is 6.47. The standard InChI is InChI=1S/C13H16ClN3O3S/c1-20-5-3-2-4-17-12-10(6-9(14)7-15-12)16-13(17)21-8-11(18)19/h6-7H,2-5,8H2,1H3,(H,18,19). The van der Waals surface area contributed by atoms with E-state index in [1.807, 2.05) is 4.57 Å². The Labute approximate surface area is 131 Å². The van der Waals surface area contributed by atoms with Gasteiger partial charge in [0.25, 0.3) is 0 Å². The number of unbranched alkanes of at least 4 members (excludes halogenated alkanes) is 1. The average Bonchev–Trinajstić information content (AvgIpc) is 2.78. The van der Waals surface area contributed by atoms with Gasteiger partial charge in [0.05, 0.1) is 10.8 Å². The number of hydrogen-bond donors (Lipinski definition) is 1. The van der Waals surface area contributed by atoms with Crippen LogP contribution < -0.4 is 0 Å². The Morgan fingerprint density at radius 2 is 2.33 bits per heavy atom. The van der Waals surface area contributed by atoms with Gasteiger partial charge in [-0.05, 0) is 18.9 Å². The molecule has 0 unspecified atom stereocenters. The molecular formula is C13H16ClN3O3S. The van der Waals surface area contributed by atoms with Crippen molar-refractivity contribution < 1.29 is 14.6 Å². The zero-order chi connectivity index (χ0) is 15.2. The van der Waals surface area contributed by atoms with Gasteiger partial charge in [0.15, 0.2) is 10.8 Å². The van der Waals surface area contributed by atoms with Gasteiger partial charge in [-0.1, -0.05) is 23.4 Å². The van der Waals surface area contributed by atoms with E-state index in [0.717, 1.165) is 25.0 Å². The van der Waals surface area contributed by atoms with Crippen molar-refractivity contribution in [3.05, 3.63) is 17.3 Å². The van der Waals surface area contributed by atoms with Gasteiger partial charge in [0.1, 0.15) is 5.52 Å². The number of halogens is 1. The molecule has 2 rings (SSSR count). The Hall–Kier alpha value is -1.31. The number of rotatable bonds is 8. The predicted octanol–water partition coefficient (Wildman–Crippen LogP) is 2.69. The third-order valence-electron chi connectivity index (χ3n) is 2.82. The van der Waals surface area contributed by atoms with Crippen LogP contribution in [0.4, 0.5) is 0 Å². The van der Waals surface area contributed by atoms with E-state index < -0.39 is 5.97 Å². The number of pyridine rings is 1. The van der Waals surface area contributed by atoms with Crippen LogP contribution in [0.1, 0.15) is 12.8 Å². The van der Waals surface area contributed by atoms with Crippen LogP contribution in [0.15, 0.2) is 17.4 Å². The maximum Gasteiger partial charge on any atom is 0.313 e. The molecule has 2 aromatic heterocycles. The van der Waals surface area contributed by atoms with Gasteiger partial charge < -0.3 is 14.4 Å². The minimum Gasteiger partial charge on any atom is -0.481 e. The van der Waals surface area contributed by atoms with Crippen molar-refractivity contribution in [3.8, 4) is 0 Å². The van der Waals surface area contributed by atoms with Gasteiger partial charge in [0.2, 0.25) is 0 Å². The van der Waals surface area contributed by atoms with Crippen LogP contribution in [-0.2, 0) is 16.1 Å². The summed E-state index contributed by atoms with van der Waals surface area (Å²) in [5.41, 5.74) is 1.41. The highest BCUT2D eigenvalue weighted by Gasteiger charge is 2.14. The third-order valence-corrected chi connectivity index (χ3v) is 3.99. The molecule has 2 heterocycles. The maximum absolute atomic E-state index is 10.7. The summed E-state index contributed by atoms with van der Waals surface area (Å²) in [6, 6.07) is 1.74. The van der Waals surface area contributed by atoms with E-state index in [1.54, 1.807) is 19.4 Å². The monoisotopic (exact) mass is 329 g/mol. The van der Waals surface area contributed by atoms with E-state index in [0.29, 0.717) is 22.3 Å². The fourth-order valence-electron chi connectivity index (χ4n) is 1.92. The van der Waals surface area contributed by atoms with Crippen molar-refractivity contribution in [1.29, 1.82) is 0 Å². The summed E-state index contributed by atoms with van der Waals surface area (Å²) < 4.78 is 6.97. The predicted molar refractivity (Wildman–Crippen MR) is 82.0 cm³/mol. The number of nitrogens with zero attached hydrogens (tertiary/aromatic N) is 3. The van der Waals surface area contributed by atoms with Crippen LogP contribution in [0, 0.1) is 0 Å². The first-order chi connectivity index (χ1) is 10.1. The van der Waals surface area contributed by atoms with Crippen LogP contribution in [0.3, 0.4) is 0 Å². The summed E-state index contributed by atoms with van der Waals surface area (Å²) in [7, 11) is 1.67. The molecule has 1 N–H and O–H groups in total. The van der Waals surface area contributed by atoms with Gasteiger partial charge in [-0.25, -0.2) is 9.97 Å². The quantitative estimate of drug-likeness (QED) is 0.592. The number of hydrogen-bond acceptors (Lipinski definition) is 5. The minimum absolute atomic E-state index is 0.0326. The number of thioether (sulfide) groups is 1. The smallest absolute Gasteiger partial charge is 0.313 e. The normalized spacial score (nSPS) is 11.1. The van der Waals surface area contributed by atoms with Gasteiger partial charge >= 0.3 is 5.97 Å². The number of carbonyl (C=O) groups is 1. The van der Waals surface area contributed by atoms with Gasteiger partial charge in [0, 0.05) is 26.5 Å². The minimum atomic E-state index is -0.871. The number of aryl methyl sites for hydroxylation is 1. The number of ether oxygens (including phenoxy) is 1. The number of aliphatic carboxylic acids is 1. The zero-order valence-electron chi connectivity index (χ0n) is 11.6. The maximum atomic E-state index is 10.7. The molecule has 0 bridgehead atoms. The van der Waals surface area contributed by atoms with Crippen LogP contribution in [-0.4, -0.2) is 45.1 Å². The van der Waals surface area contributed by atoms with E-state index in [-0.39, 0.29) is 5.75 Å². The molecule has 0 fully saturated rings. The number of imidazole rings is 1. The molecule has 21 heavy (non-hydrogen) atoms. The molecule has 0 atom stereocenters. The van der Waals surface area contributed by atoms with Crippen molar-refractivity contribution >= 4 is 40.5 Å². The topological polar surface area (TPSA) is 77.2 Å². The average molecular weight is 330 g/mol. The van der Waals surface area contributed by atoms with Crippen LogP contribution >= 0.6 is 23.4 Å². The highest BCUT2D eigenvalue weighted by Crippen LogP contribution is 2.25. The van der Waals surface area contributed by atoms with Crippen LogP contribution in [0.5, 0.6) is 0 Å². The van der Waals surface area contributed by atoms with Crippen LogP contribution in [0.25, 0.3) is 11.2 Å². The molecule has 0 saturated carbocycles. The second-order valence-electron chi connectivity index (χ2n) is 4.42. The molecule has 0 spiro atoms. The molecule has 0 aliphatic carbocycles. The van der Waals surface area contributed by atoms with Gasteiger partial charge in [-0.2, -0.15) is 0 Å². The van der Waals surface area contributed by atoms with Crippen molar-refractivity contribution in [1.82, 2.24) is 14.5 Å². The van der Waals surface area contributed by atoms with E-state index >= 15 is 0 Å². The molecule has 2 aromatic rings. The number of aromatic nitrogens is 3. The Balaban J connectivity index is 2.23. The van der Waals surface area contributed by atoms with Gasteiger partial charge in [-0.15, -0.1) is 0 Å². The molecule has 0 saturated heterocycles. The summed E-state index contributed by atoms with van der Waals surface area (Å²) in [4.78, 5) is 19.5. The van der Waals surface area contributed by atoms with Crippen molar-refractivity contribution in [2.45, 2.75) is 24.5 Å². The molecule has 8 heteroatoms. The lowest BCUT2D eigenvalue weighted by atomic mass is 10.3. The summed E-state index contributed by atoms with van der Waals surface area (Å²) in [5, 5.41) is 9.99. The SMILES string of the molecule is COCCCCn1c(SCC(=O)O)nc2cc(Cl)cnc21. The lowest BCUT2D eigenvalue weighted by Gasteiger charge is -2.07. The highest BCUT2D eigenvalue weighted by molar-refractivity contribution is 7.99.